The first-order chi connectivity index (χ1) is 11.1. The van der Waals surface area contributed by atoms with Crippen molar-refractivity contribution in [3.05, 3.63) is 42.0 Å². The van der Waals surface area contributed by atoms with E-state index >= 15 is 0 Å². The summed E-state index contributed by atoms with van der Waals surface area (Å²) in [5.41, 5.74) is 0.958. The van der Waals surface area contributed by atoms with E-state index in [1.807, 2.05) is 0 Å². The lowest BCUT2D eigenvalue weighted by Crippen LogP contribution is -2.13. The molecule has 0 radical (unpaired) electrons. The second-order valence-electron chi connectivity index (χ2n) is 4.56. The SMILES string of the molecule is COc1ccc(NC(=O)c2cccc(OC)c2OC)cc1OC. The van der Waals surface area contributed by atoms with E-state index in [9.17, 15) is 4.79 Å². The molecule has 0 spiro atoms. The molecule has 0 aliphatic heterocycles. The molecular formula is C17H19NO5. The molecule has 0 heterocycles. The number of carbonyl (C=O) groups is 1. The van der Waals surface area contributed by atoms with Crippen molar-refractivity contribution in [2.24, 2.45) is 0 Å². The summed E-state index contributed by atoms with van der Waals surface area (Å²) in [5, 5.41) is 2.80. The molecule has 6 nitrogen and oxygen atoms in total. The maximum Gasteiger partial charge on any atom is 0.259 e. The van der Waals surface area contributed by atoms with Gasteiger partial charge in [0.25, 0.3) is 5.91 Å². The molecular weight excluding hydrogens is 298 g/mol. The van der Waals surface area contributed by atoms with Crippen molar-refractivity contribution in [1.29, 1.82) is 0 Å². The number of rotatable bonds is 6. The van der Waals surface area contributed by atoms with Crippen LogP contribution in [0, 0.1) is 0 Å². The lowest BCUT2D eigenvalue weighted by Gasteiger charge is -2.13. The molecule has 0 fully saturated rings. The normalized spacial score (nSPS) is 9.91. The van der Waals surface area contributed by atoms with Crippen LogP contribution in [0.4, 0.5) is 5.69 Å². The number of para-hydroxylation sites is 1. The Labute approximate surface area is 134 Å². The highest BCUT2D eigenvalue weighted by atomic mass is 16.5. The second-order valence-corrected chi connectivity index (χ2v) is 4.56. The number of nitrogens with one attached hydrogen (secondary N) is 1. The molecule has 1 N–H and O–H groups in total. The van der Waals surface area contributed by atoms with Gasteiger partial charge in [0.1, 0.15) is 0 Å². The lowest BCUT2D eigenvalue weighted by molar-refractivity contribution is 0.102. The maximum atomic E-state index is 12.5. The number of methoxy groups -OCH3 is 4. The van der Waals surface area contributed by atoms with E-state index in [-0.39, 0.29) is 5.91 Å². The molecule has 0 atom stereocenters. The van der Waals surface area contributed by atoms with Gasteiger partial charge in [-0.1, -0.05) is 6.07 Å². The van der Waals surface area contributed by atoms with Crippen LogP contribution in [-0.2, 0) is 0 Å². The van der Waals surface area contributed by atoms with Crippen LogP contribution < -0.4 is 24.3 Å². The van der Waals surface area contributed by atoms with Gasteiger partial charge in [0, 0.05) is 11.8 Å². The number of hydrogen-bond acceptors (Lipinski definition) is 5. The Balaban J connectivity index is 2.29. The Morgan fingerprint density at radius 3 is 2.13 bits per heavy atom. The van der Waals surface area contributed by atoms with E-state index in [1.165, 1.54) is 21.3 Å². The van der Waals surface area contributed by atoms with E-state index in [0.717, 1.165) is 0 Å². The van der Waals surface area contributed by atoms with Gasteiger partial charge in [0.15, 0.2) is 23.0 Å². The van der Waals surface area contributed by atoms with Crippen molar-refractivity contribution < 1.29 is 23.7 Å². The molecule has 0 saturated carbocycles. The zero-order valence-corrected chi connectivity index (χ0v) is 13.5. The van der Waals surface area contributed by atoms with Crippen LogP contribution in [0.15, 0.2) is 36.4 Å². The van der Waals surface area contributed by atoms with Crippen molar-refractivity contribution in [3.63, 3.8) is 0 Å². The van der Waals surface area contributed by atoms with Crippen molar-refractivity contribution in [1.82, 2.24) is 0 Å². The second kappa shape index (κ2) is 7.40. The number of benzene rings is 2. The van der Waals surface area contributed by atoms with Gasteiger partial charge in [-0.3, -0.25) is 4.79 Å². The van der Waals surface area contributed by atoms with Crippen LogP contribution >= 0.6 is 0 Å². The highest BCUT2D eigenvalue weighted by Gasteiger charge is 2.17. The fourth-order valence-corrected chi connectivity index (χ4v) is 2.18. The molecule has 0 bridgehead atoms. The van der Waals surface area contributed by atoms with E-state index in [0.29, 0.717) is 34.2 Å². The molecule has 1 amide bonds. The summed E-state index contributed by atoms with van der Waals surface area (Å²) in [6.07, 6.45) is 0. The van der Waals surface area contributed by atoms with Gasteiger partial charge >= 0.3 is 0 Å². The first-order valence-corrected chi connectivity index (χ1v) is 6.89. The number of hydrogen-bond donors (Lipinski definition) is 1. The zero-order chi connectivity index (χ0) is 16.8. The average molecular weight is 317 g/mol. The van der Waals surface area contributed by atoms with Crippen LogP contribution in [0.1, 0.15) is 10.4 Å². The van der Waals surface area contributed by atoms with E-state index in [1.54, 1.807) is 43.5 Å². The Morgan fingerprint density at radius 1 is 0.826 bits per heavy atom. The van der Waals surface area contributed by atoms with Crippen molar-refractivity contribution >= 4 is 11.6 Å². The molecule has 2 rings (SSSR count). The average Bonchev–Trinajstić information content (AvgIpc) is 2.60. The maximum absolute atomic E-state index is 12.5. The molecule has 0 saturated heterocycles. The Hall–Kier alpha value is -2.89. The standard InChI is InChI=1S/C17H19NO5/c1-20-13-9-8-11(10-15(13)22-3)18-17(19)12-6-5-7-14(21-2)16(12)23-4/h5-10H,1-4H3,(H,18,19). The molecule has 0 aliphatic rings. The summed E-state index contributed by atoms with van der Waals surface area (Å²) in [5.74, 6) is 1.68. The molecule has 0 unspecified atom stereocenters. The number of anilines is 1. The number of amides is 1. The summed E-state index contributed by atoms with van der Waals surface area (Å²) in [7, 11) is 6.10. The fraction of sp³-hybridized carbons (Fsp3) is 0.235. The van der Waals surface area contributed by atoms with Gasteiger partial charge in [-0.05, 0) is 24.3 Å². The predicted octanol–water partition coefficient (Wildman–Crippen LogP) is 2.97. The molecule has 2 aromatic carbocycles. The number of ether oxygens (including phenoxy) is 4. The highest BCUT2D eigenvalue weighted by Crippen LogP contribution is 2.33. The van der Waals surface area contributed by atoms with Gasteiger partial charge in [0.2, 0.25) is 0 Å². The van der Waals surface area contributed by atoms with Gasteiger partial charge in [0.05, 0.1) is 34.0 Å². The summed E-state index contributed by atoms with van der Waals surface area (Å²) >= 11 is 0. The first-order valence-electron chi connectivity index (χ1n) is 6.89. The summed E-state index contributed by atoms with van der Waals surface area (Å²) in [6.45, 7) is 0. The summed E-state index contributed by atoms with van der Waals surface area (Å²) in [4.78, 5) is 12.5. The van der Waals surface area contributed by atoms with Gasteiger partial charge in [-0.25, -0.2) is 0 Å². The topological polar surface area (TPSA) is 66.0 Å². The zero-order valence-electron chi connectivity index (χ0n) is 13.5. The number of carbonyl (C=O) groups excluding carboxylic acids is 1. The highest BCUT2D eigenvalue weighted by molar-refractivity contribution is 6.06. The predicted molar refractivity (Wildman–Crippen MR) is 87.0 cm³/mol. The molecule has 0 aromatic heterocycles. The Kier molecular flexibility index (Phi) is 5.30. The lowest BCUT2D eigenvalue weighted by atomic mass is 10.1. The minimum absolute atomic E-state index is 0.312. The van der Waals surface area contributed by atoms with Gasteiger partial charge < -0.3 is 24.3 Å². The van der Waals surface area contributed by atoms with Crippen LogP contribution in [0.25, 0.3) is 0 Å². The van der Waals surface area contributed by atoms with Crippen molar-refractivity contribution in [3.8, 4) is 23.0 Å². The summed E-state index contributed by atoms with van der Waals surface area (Å²) in [6, 6.07) is 10.3. The first kappa shape index (κ1) is 16.5. The molecule has 0 aliphatic carbocycles. The quantitative estimate of drug-likeness (QED) is 0.887. The largest absolute Gasteiger partial charge is 0.493 e. The van der Waals surface area contributed by atoms with Crippen LogP contribution in [0.3, 0.4) is 0 Å². The minimum atomic E-state index is -0.312. The molecule has 23 heavy (non-hydrogen) atoms. The third-order valence-corrected chi connectivity index (χ3v) is 3.29. The van der Waals surface area contributed by atoms with Crippen LogP contribution in [0.2, 0.25) is 0 Å². The molecule has 122 valence electrons. The van der Waals surface area contributed by atoms with E-state index in [2.05, 4.69) is 5.32 Å². The smallest absolute Gasteiger partial charge is 0.259 e. The van der Waals surface area contributed by atoms with Gasteiger partial charge in [-0.15, -0.1) is 0 Å². The van der Waals surface area contributed by atoms with Crippen molar-refractivity contribution in [2.45, 2.75) is 0 Å². The third-order valence-electron chi connectivity index (χ3n) is 3.29. The van der Waals surface area contributed by atoms with E-state index < -0.39 is 0 Å². The monoisotopic (exact) mass is 317 g/mol. The molecule has 6 heteroatoms. The molecule has 2 aromatic rings. The van der Waals surface area contributed by atoms with Gasteiger partial charge in [-0.2, -0.15) is 0 Å². The summed E-state index contributed by atoms with van der Waals surface area (Å²) < 4.78 is 20.9. The van der Waals surface area contributed by atoms with Crippen LogP contribution in [-0.4, -0.2) is 34.3 Å². The Bertz CT molecular complexity index is 699. The van der Waals surface area contributed by atoms with E-state index in [4.69, 9.17) is 18.9 Å². The Morgan fingerprint density at radius 2 is 1.52 bits per heavy atom. The van der Waals surface area contributed by atoms with Crippen molar-refractivity contribution in [2.75, 3.05) is 33.8 Å². The van der Waals surface area contributed by atoms with Crippen LogP contribution in [0.5, 0.6) is 23.0 Å². The minimum Gasteiger partial charge on any atom is -0.493 e. The third kappa shape index (κ3) is 3.48. The fourth-order valence-electron chi connectivity index (χ4n) is 2.18.